The van der Waals surface area contributed by atoms with Crippen LogP contribution in [0.1, 0.15) is 29.7 Å². The Hall–Kier alpha value is -2.43. The maximum atomic E-state index is 12.9. The topological polar surface area (TPSA) is 49.3 Å². The highest BCUT2D eigenvalue weighted by Gasteiger charge is 2.30. The molecule has 2 aliphatic rings. The molecule has 2 aliphatic heterocycles. The van der Waals surface area contributed by atoms with E-state index in [1.54, 1.807) is 6.20 Å². The largest absolute Gasteiger partial charge is 0.355 e. The summed E-state index contributed by atoms with van der Waals surface area (Å²) in [5, 5.41) is 0. The SMILES string of the molecule is Cc1cncc(N2CCC(C(=O)N3CCc4ccccc4C3)CC2)n1. The molecule has 1 amide bonds. The normalized spacial score (nSPS) is 18.1. The van der Waals surface area contributed by atoms with Gasteiger partial charge in [-0.2, -0.15) is 0 Å². The zero-order valence-electron chi connectivity index (χ0n) is 14.7. The zero-order valence-corrected chi connectivity index (χ0v) is 14.7. The third-order valence-corrected chi connectivity index (χ3v) is 5.35. The van der Waals surface area contributed by atoms with Gasteiger partial charge in [-0.05, 0) is 37.3 Å². The zero-order chi connectivity index (χ0) is 17.2. The molecule has 0 N–H and O–H groups in total. The van der Waals surface area contributed by atoms with Crippen LogP contribution in [0.25, 0.3) is 0 Å². The lowest BCUT2D eigenvalue weighted by Gasteiger charge is -2.36. The molecule has 0 saturated carbocycles. The van der Waals surface area contributed by atoms with Crippen LogP contribution < -0.4 is 4.90 Å². The highest BCUT2D eigenvalue weighted by Crippen LogP contribution is 2.26. The van der Waals surface area contributed by atoms with E-state index in [0.717, 1.165) is 57.0 Å². The van der Waals surface area contributed by atoms with Gasteiger partial charge in [0, 0.05) is 38.3 Å². The van der Waals surface area contributed by atoms with Crippen molar-refractivity contribution in [3.63, 3.8) is 0 Å². The predicted molar refractivity (Wildman–Crippen MR) is 97.3 cm³/mol. The fourth-order valence-electron chi connectivity index (χ4n) is 3.90. The van der Waals surface area contributed by atoms with E-state index in [2.05, 4.69) is 44.0 Å². The number of fused-ring (bicyclic) bond motifs is 1. The summed E-state index contributed by atoms with van der Waals surface area (Å²) in [5.41, 5.74) is 3.62. The number of benzene rings is 1. The fourth-order valence-corrected chi connectivity index (χ4v) is 3.90. The number of hydrogen-bond donors (Lipinski definition) is 0. The second-order valence-electron chi connectivity index (χ2n) is 7.06. The molecule has 130 valence electrons. The van der Waals surface area contributed by atoms with Crippen molar-refractivity contribution in [1.29, 1.82) is 0 Å². The van der Waals surface area contributed by atoms with E-state index in [0.29, 0.717) is 5.91 Å². The van der Waals surface area contributed by atoms with E-state index in [4.69, 9.17) is 0 Å². The summed E-state index contributed by atoms with van der Waals surface area (Å²) in [5.74, 6) is 1.39. The number of anilines is 1. The van der Waals surface area contributed by atoms with Gasteiger partial charge in [0.1, 0.15) is 5.82 Å². The Morgan fingerprint density at radius 2 is 1.84 bits per heavy atom. The average molecular weight is 336 g/mol. The molecule has 0 atom stereocenters. The van der Waals surface area contributed by atoms with E-state index >= 15 is 0 Å². The Kier molecular flexibility index (Phi) is 4.38. The van der Waals surface area contributed by atoms with Crippen molar-refractivity contribution in [3.8, 4) is 0 Å². The monoisotopic (exact) mass is 336 g/mol. The number of aryl methyl sites for hydroxylation is 1. The molecular formula is C20H24N4O. The third kappa shape index (κ3) is 3.36. The maximum absolute atomic E-state index is 12.9. The minimum Gasteiger partial charge on any atom is -0.355 e. The van der Waals surface area contributed by atoms with Crippen molar-refractivity contribution in [2.45, 2.75) is 32.7 Å². The Morgan fingerprint density at radius 1 is 1.08 bits per heavy atom. The van der Waals surface area contributed by atoms with Crippen LogP contribution in [-0.2, 0) is 17.8 Å². The van der Waals surface area contributed by atoms with Crippen LogP contribution in [0.3, 0.4) is 0 Å². The number of carbonyl (C=O) groups is 1. The molecule has 0 bridgehead atoms. The molecular weight excluding hydrogens is 312 g/mol. The van der Waals surface area contributed by atoms with Gasteiger partial charge in [0.25, 0.3) is 0 Å². The predicted octanol–water partition coefficient (Wildman–Crippen LogP) is 2.59. The van der Waals surface area contributed by atoms with Crippen molar-refractivity contribution in [1.82, 2.24) is 14.9 Å². The molecule has 25 heavy (non-hydrogen) atoms. The van der Waals surface area contributed by atoms with E-state index < -0.39 is 0 Å². The van der Waals surface area contributed by atoms with Crippen molar-refractivity contribution >= 4 is 11.7 Å². The number of amides is 1. The number of aromatic nitrogens is 2. The van der Waals surface area contributed by atoms with Gasteiger partial charge in [-0.15, -0.1) is 0 Å². The first-order valence-corrected chi connectivity index (χ1v) is 9.10. The average Bonchev–Trinajstić information content (AvgIpc) is 2.67. The van der Waals surface area contributed by atoms with Crippen LogP contribution in [-0.4, -0.2) is 40.4 Å². The lowest BCUT2D eigenvalue weighted by molar-refractivity contribution is -0.137. The van der Waals surface area contributed by atoms with Crippen LogP contribution in [0, 0.1) is 12.8 Å². The lowest BCUT2D eigenvalue weighted by atomic mass is 9.93. The Balaban J connectivity index is 1.37. The van der Waals surface area contributed by atoms with Crippen molar-refractivity contribution < 1.29 is 4.79 Å². The molecule has 1 aromatic heterocycles. The standard InChI is InChI=1S/C20H24N4O/c1-15-12-21-13-19(22-15)23-9-7-17(8-10-23)20(25)24-11-6-16-4-2-3-5-18(16)14-24/h2-5,12-13,17H,6-11,14H2,1H3. The minimum atomic E-state index is 0.138. The maximum Gasteiger partial charge on any atom is 0.226 e. The van der Waals surface area contributed by atoms with E-state index in [9.17, 15) is 4.79 Å². The summed E-state index contributed by atoms with van der Waals surface area (Å²) < 4.78 is 0. The summed E-state index contributed by atoms with van der Waals surface area (Å²) in [4.78, 5) is 26.0. The molecule has 0 radical (unpaired) electrons. The molecule has 3 heterocycles. The lowest BCUT2D eigenvalue weighted by Crippen LogP contribution is -2.44. The summed E-state index contributed by atoms with van der Waals surface area (Å²) in [7, 11) is 0. The summed E-state index contributed by atoms with van der Waals surface area (Å²) in [6.45, 7) is 5.32. The van der Waals surface area contributed by atoms with Gasteiger partial charge in [0.05, 0.1) is 11.9 Å². The van der Waals surface area contributed by atoms with Gasteiger partial charge in [-0.1, -0.05) is 24.3 Å². The quantitative estimate of drug-likeness (QED) is 0.846. The van der Waals surface area contributed by atoms with Crippen LogP contribution in [0.15, 0.2) is 36.7 Å². The summed E-state index contributed by atoms with van der Waals surface area (Å²) in [6, 6.07) is 8.47. The molecule has 5 heteroatoms. The van der Waals surface area contributed by atoms with Gasteiger partial charge in [-0.3, -0.25) is 9.78 Å². The Bertz CT molecular complexity index is 768. The highest BCUT2D eigenvalue weighted by atomic mass is 16.2. The van der Waals surface area contributed by atoms with Crippen molar-refractivity contribution in [2.75, 3.05) is 24.5 Å². The molecule has 0 unspecified atom stereocenters. The molecule has 1 saturated heterocycles. The molecule has 0 spiro atoms. The highest BCUT2D eigenvalue weighted by molar-refractivity contribution is 5.79. The number of nitrogens with zero attached hydrogens (tertiary/aromatic N) is 4. The Morgan fingerprint density at radius 3 is 2.60 bits per heavy atom. The third-order valence-electron chi connectivity index (χ3n) is 5.35. The number of rotatable bonds is 2. The molecule has 4 rings (SSSR count). The number of hydrogen-bond acceptors (Lipinski definition) is 4. The molecule has 2 aromatic rings. The number of carbonyl (C=O) groups excluding carboxylic acids is 1. The van der Waals surface area contributed by atoms with Crippen LogP contribution in [0.4, 0.5) is 5.82 Å². The summed E-state index contributed by atoms with van der Waals surface area (Å²) in [6.07, 6.45) is 6.35. The number of piperidine rings is 1. The molecule has 1 aromatic carbocycles. The molecule has 0 aliphatic carbocycles. The second kappa shape index (κ2) is 6.82. The second-order valence-corrected chi connectivity index (χ2v) is 7.06. The molecule has 1 fully saturated rings. The van der Waals surface area contributed by atoms with Gasteiger partial charge in [0.15, 0.2) is 0 Å². The van der Waals surface area contributed by atoms with Crippen LogP contribution in [0.2, 0.25) is 0 Å². The van der Waals surface area contributed by atoms with Gasteiger partial charge < -0.3 is 9.80 Å². The van der Waals surface area contributed by atoms with Gasteiger partial charge in [-0.25, -0.2) is 4.98 Å². The van der Waals surface area contributed by atoms with Gasteiger partial charge >= 0.3 is 0 Å². The molecule has 5 nitrogen and oxygen atoms in total. The van der Waals surface area contributed by atoms with Crippen molar-refractivity contribution in [2.24, 2.45) is 5.92 Å². The first-order chi connectivity index (χ1) is 12.2. The fraction of sp³-hybridized carbons (Fsp3) is 0.450. The Labute approximate surface area is 148 Å². The van der Waals surface area contributed by atoms with Crippen LogP contribution in [0.5, 0.6) is 0 Å². The van der Waals surface area contributed by atoms with Crippen LogP contribution >= 0.6 is 0 Å². The van der Waals surface area contributed by atoms with E-state index in [-0.39, 0.29) is 5.92 Å². The van der Waals surface area contributed by atoms with E-state index in [1.807, 2.05) is 13.1 Å². The first-order valence-electron chi connectivity index (χ1n) is 9.10. The minimum absolute atomic E-state index is 0.138. The van der Waals surface area contributed by atoms with Gasteiger partial charge in [0.2, 0.25) is 5.91 Å². The smallest absolute Gasteiger partial charge is 0.226 e. The van der Waals surface area contributed by atoms with Crippen molar-refractivity contribution in [3.05, 3.63) is 53.5 Å². The first kappa shape index (κ1) is 16.1. The summed E-state index contributed by atoms with van der Waals surface area (Å²) >= 11 is 0. The van der Waals surface area contributed by atoms with E-state index in [1.165, 1.54) is 11.1 Å².